The van der Waals surface area contributed by atoms with Crippen molar-refractivity contribution in [3.8, 4) is 0 Å². The molecule has 2 aromatic carbocycles. The molecule has 2 heterocycles. The van der Waals surface area contributed by atoms with Gasteiger partial charge in [0.05, 0.1) is 11.1 Å². The molecule has 130 valence electrons. The number of anilines is 1. The van der Waals surface area contributed by atoms with Gasteiger partial charge in [0.25, 0.3) is 11.8 Å². The molecule has 4 rings (SSSR count). The highest BCUT2D eigenvalue weighted by atomic mass is 32.1. The Kier molecular flexibility index (Phi) is 4.30. The monoisotopic (exact) mass is 364 g/mol. The van der Waals surface area contributed by atoms with E-state index in [4.69, 9.17) is 12.2 Å². The minimum atomic E-state index is -0.228. The molecule has 6 nitrogen and oxygen atoms in total. The Morgan fingerprint density at radius 2 is 1.54 bits per heavy atom. The van der Waals surface area contributed by atoms with Gasteiger partial charge < -0.3 is 0 Å². The van der Waals surface area contributed by atoms with E-state index in [2.05, 4.69) is 10.2 Å². The summed E-state index contributed by atoms with van der Waals surface area (Å²) in [6.45, 7) is 0.355. The van der Waals surface area contributed by atoms with Gasteiger partial charge in [-0.3, -0.25) is 19.4 Å². The summed E-state index contributed by atoms with van der Waals surface area (Å²) in [6.07, 6.45) is 1.06. The van der Waals surface area contributed by atoms with Crippen molar-refractivity contribution in [3.05, 3.63) is 65.7 Å². The van der Waals surface area contributed by atoms with Gasteiger partial charge in [0, 0.05) is 12.2 Å². The zero-order chi connectivity index (χ0) is 18.1. The van der Waals surface area contributed by atoms with Gasteiger partial charge in [0.2, 0.25) is 5.11 Å². The second-order valence-electron chi connectivity index (χ2n) is 6.13. The molecule has 0 bridgehead atoms. The fourth-order valence-corrected chi connectivity index (χ4v) is 3.55. The second kappa shape index (κ2) is 6.76. The van der Waals surface area contributed by atoms with E-state index in [0.717, 1.165) is 5.69 Å². The summed E-state index contributed by atoms with van der Waals surface area (Å²) in [5, 5.41) is 8.69. The van der Waals surface area contributed by atoms with Crippen LogP contribution in [0, 0.1) is 0 Å². The number of nitrogens with zero attached hydrogens (tertiary/aromatic N) is 4. The van der Waals surface area contributed by atoms with Gasteiger partial charge in [-0.05, 0) is 49.3 Å². The average Bonchev–Trinajstić information content (AvgIpc) is 3.15. The Balaban J connectivity index is 1.41. The predicted octanol–water partition coefficient (Wildman–Crippen LogP) is 3.65. The summed E-state index contributed by atoms with van der Waals surface area (Å²) < 4.78 is 0. The van der Waals surface area contributed by atoms with Crippen LogP contribution in [0.5, 0.6) is 0 Å². The number of thiocarbonyl (C=S) groups is 1. The van der Waals surface area contributed by atoms with Gasteiger partial charge in [0.15, 0.2) is 0 Å². The number of benzene rings is 2. The summed E-state index contributed by atoms with van der Waals surface area (Å²) in [6, 6.07) is 16.6. The van der Waals surface area contributed by atoms with Crippen molar-refractivity contribution in [1.29, 1.82) is 0 Å². The second-order valence-corrected chi connectivity index (χ2v) is 6.50. The summed E-state index contributed by atoms with van der Waals surface area (Å²) >= 11 is 5.29. The van der Waals surface area contributed by atoms with Crippen LogP contribution < -0.4 is 4.90 Å². The van der Waals surface area contributed by atoms with E-state index in [0.29, 0.717) is 35.6 Å². The molecule has 0 aliphatic carbocycles. The number of imide groups is 1. The molecule has 0 fully saturated rings. The minimum absolute atomic E-state index is 0.208. The fraction of sp³-hybridized carbons (Fsp3) is 0.211. The lowest BCUT2D eigenvalue weighted by atomic mass is 10.1. The molecular formula is C19H16N4O2S. The van der Waals surface area contributed by atoms with Crippen LogP contribution in [-0.2, 0) is 0 Å². The van der Waals surface area contributed by atoms with Crippen LogP contribution >= 0.6 is 12.2 Å². The van der Waals surface area contributed by atoms with E-state index >= 15 is 0 Å². The maximum atomic E-state index is 12.4. The highest BCUT2D eigenvalue weighted by Crippen LogP contribution is 2.27. The van der Waals surface area contributed by atoms with Crippen LogP contribution in [0.2, 0.25) is 0 Å². The van der Waals surface area contributed by atoms with Crippen LogP contribution in [0.4, 0.5) is 5.69 Å². The van der Waals surface area contributed by atoms with E-state index in [1.54, 1.807) is 24.3 Å². The summed E-state index contributed by atoms with van der Waals surface area (Å²) in [5.41, 5.74) is 1.89. The topological polar surface area (TPSA) is 65.3 Å². The van der Waals surface area contributed by atoms with Crippen molar-refractivity contribution in [2.45, 2.75) is 19.0 Å². The molecule has 0 radical (unpaired) electrons. The normalized spacial score (nSPS) is 18.8. The standard InChI is InChI=1S/C19H16N4O2S/c24-17-14-9-4-5-10-15(14)18(25)22(17)12-6-11-16-20-21-19(26)23(16)13-7-2-1-3-8-13/h1-5,7-10,16H,6,11-12H2/t16-/m1/s1. The molecule has 2 aromatic rings. The number of carbonyl (C=O) groups excluding carboxylic acids is 2. The Hall–Kier alpha value is -2.93. The maximum Gasteiger partial charge on any atom is 0.261 e. The van der Waals surface area contributed by atoms with Gasteiger partial charge in [-0.25, -0.2) is 0 Å². The quantitative estimate of drug-likeness (QED) is 0.600. The van der Waals surface area contributed by atoms with Crippen LogP contribution in [-0.4, -0.2) is 34.5 Å². The molecule has 2 aliphatic heterocycles. The number of amides is 2. The largest absolute Gasteiger partial charge is 0.291 e. The first kappa shape index (κ1) is 16.5. The van der Waals surface area contributed by atoms with Crippen molar-refractivity contribution in [2.24, 2.45) is 10.2 Å². The first-order valence-electron chi connectivity index (χ1n) is 8.41. The van der Waals surface area contributed by atoms with Crippen molar-refractivity contribution in [1.82, 2.24) is 4.90 Å². The van der Waals surface area contributed by atoms with E-state index in [1.165, 1.54) is 4.90 Å². The number of azo groups is 1. The third-order valence-electron chi connectivity index (χ3n) is 4.54. The van der Waals surface area contributed by atoms with Crippen LogP contribution in [0.15, 0.2) is 64.8 Å². The highest BCUT2D eigenvalue weighted by Gasteiger charge is 2.35. The van der Waals surface area contributed by atoms with Crippen molar-refractivity contribution in [3.63, 3.8) is 0 Å². The lowest BCUT2D eigenvalue weighted by Crippen LogP contribution is -2.35. The van der Waals surface area contributed by atoms with Gasteiger partial charge in [-0.15, -0.1) is 5.11 Å². The number of fused-ring (bicyclic) bond motifs is 1. The molecule has 0 saturated carbocycles. The van der Waals surface area contributed by atoms with Gasteiger partial charge >= 0.3 is 0 Å². The highest BCUT2D eigenvalue weighted by molar-refractivity contribution is 7.80. The maximum absolute atomic E-state index is 12.4. The SMILES string of the molecule is O=C1c2ccccc2C(=O)N1CCC[C@@H]1N=NC(=S)N1c1ccccc1. The zero-order valence-corrected chi connectivity index (χ0v) is 14.7. The average molecular weight is 364 g/mol. The van der Waals surface area contributed by atoms with Crippen LogP contribution in [0.1, 0.15) is 33.6 Å². The zero-order valence-electron chi connectivity index (χ0n) is 13.9. The lowest BCUT2D eigenvalue weighted by Gasteiger charge is -2.23. The van der Waals surface area contributed by atoms with E-state index < -0.39 is 0 Å². The lowest BCUT2D eigenvalue weighted by molar-refractivity contribution is 0.0651. The van der Waals surface area contributed by atoms with Gasteiger partial charge in [-0.2, -0.15) is 5.11 Å². The Labute approximate surface area is 156 Å². The van der Waals surface area contributed by atoms with Crippen molar-refractivity contribution in [2.75, 3.05) is 11.4 Å². The summed E-state index contributed by atoms with van der Waals surface area (Å²) in [7, 11) is 0. The number of hydrogen-bond acceptors (Lipinski definition) is 4. The number of hydrogen-bond donors (Lipinski definition) is 0. The summed E-state index contributed by atoms with van der Waals surface area (Å²) in [4.78, 5) is 28.0. The number of carbonyl (C=O) groups is 2. The Bertz CT molecular complexity index is 878. The molecule has 2 amide bonds. The molecule has 0 saturated heterocycles. The molecule has 7 heteroatoms. The Morgan fingerprint density at radius 3 is 2.19 bits per heavy atom. The molecule has 0 N–H and O–H groups in total. The first-order valence-corrected chi connectivity index (χ1v) is 8.82. The number of para-hydroxylation sites is 1. The Morgan fingerprint density at radius 1 is 0.923 bits per heavy atom. The first-order chi connectivity index (χ1) is 12.7. The number of rotatable bonds is 5. The van der Waals surface area contributed by atoms with Gasteiger partial charge in [0.1, 0.15) is 6.17 Å². The third kappa shape index (κ3) is 2.80. The molecule has 2 aliphatic rings. The predicted molar refractivity (Wildman–Crippen MR) is 101 cm³/mol. The van der Waals surface area contributed by atoms with Crippen molar-refractivity contribution < 1.29 is 9.59 Å². The molecular weight excluding hydrogens is 348 g/mol. The van der Waals surface area contributed by atoms with E-state index in [-0.39, 0.29) is 18.0 Å². The summed E-state index contributed by atoms with van der Waals surface area (Å²) in [5.74, 6) is -0.455. The van der Waals surface area contributed by atoms with E-state index in [1.807, 2.05) is 35.2 Å². The third-order valence-corrected chi connectivity index (χ3v) is 4.82. The molecule has 1 atom stereocenters. The van der Waals surface area contributed by atoms with E-state index in [9.17, 15) is 9.59 Å². The van der Waals surface area contributed by atoms with Crippen LogP contribution in [0.25, 0.3) is 0 Å². The van der Waals surface area contributed by atoms with Crippen LogP contribution in [0.3, 0.4) is 0 Å². The fourth-order valence-electron chi connectivity index (χ4n) is 3.28. The molecule has 0 spiro atoms. The molecule has 26 heavy (non-hydrogen) atoms. The smallest absolute Gasteiger partial charge is 0.261 e. The molecule has 0 aromatic heterocycles. The minimum Gasteiger partial charge on any atom is -0.291 e. The van der Waals surface area contributed by atoms with Gasteiger partial charge in [-0.1, -0.05) is 30.3 Å². The van der Waals surface area contributed by atoms with Crippen molar-refractivity contribution >= 4 is 34.8 Å². The molecule has 0 unspecified atom stereocenters.